The zero-order valence-electron chi connectivity index (χ0n) is 15.0. The zero-order valence-corrected chi connectivity index (χ0v) is 15.8. The smallest absolute Gasteiger partial charge is 0.253 e. The first-order valence-electron chi connectivity index (χ1n) is 9.13. The average Bonchev–Trinajstić information content (AvgIpc) is 3.18. The number of aromatic amines is 1. The minimum atomic E-state index is -0.534. The molecule has 0 spiro atoms. The van der Waals surface area contributed by atoms with Crippen molar-refractivity contribution in [2.75, 3.05) is 18.4 Å². The summed E-state index contributed by atoms with van der Waals surface area (Å²) in [6, 6.07) is 11.5. The van der Waals surface area contributed by atoms with Crippen LogP contribution < -0.4 is 5.32 Å². The van der Waals surface area contributed by atoms with Crippen LogP contribution in [0.5, 0.6) is 0 Å². The number of aromatic nitrogens is 1. The fourth-order valence-electron chi connectivity index (χ4n) is 3.56. The van der Waals surface area contributed by atoms with Gasteiger partial charge in [0.1, 0.15) is 5.82 Å². The normalized spacial score (nSPS) is 16.9. The highest BCUT2D eigenvalue weighted by atomic mass is 35.5. The number of halogens is 2. The van der Waals surface area contributed by atoms with Crippen LogP contribution in [0.25, 0.3) is 10.9 Å². The lowest BCUT2D eigenvalue weighted by Gasteiger charge is -2.32. The Morgan fingerprint density at radius 2 is 2.04 bits per heavy atom. The van der Waals surface area contributed by atoms with Crippen LogP contribution in [0.4, 0.5) is 10.1 Å². The summed E-state index contributed by atoms with van der Waals surface area (Å²) in [7, 11) is 0. The van der Waals surface area contributed by atoms with E-state index in [0.29, 0.717) is 30.8 Å². The van der Waals surface area contributed by atoms with Crippen LogP contribution in [-0.2, 0) is 4.79 Å². The van der Waals surface area contributed by atoms with E-state index in [-0.39, 0.29) is 22.8 Å². The van der Waals surface area contributed by atoms with E-state index in [9.17, 15) is 14.0 Å². The van der Waals surface area contributed by atoms with Crippen LogP contribution in [0.3, 0.4) is 0 Å². The summed E-state index contributed by atoms with van der Waals surface area (Å²) >= 11 is 5.77. The molecule has 1 aliphatic heterocycles. The van der Waals surface area contributed by atoms with E-state index in [1.807, 2.05) is 24.4 Å². The minimum Gasteiger partial charge on any atom is -0.361 e. The number of rotatable bonds is 3. The largest absolute Gasteiger partial charge is 0.361 e. The summed E-state index contributed by atoms with van der Waals surface area (Å²) in [5.74, 6) is -1.13. The summed E-state index contributed by atoms with van der Waals surface area (Å²) in [6.07, 6.45) is 3.28. The molecule has 0 aliphatic carbocycles. The average molecular weight is 400 g/mol. The number of piperidine rings is 1. The predicted molar refractivity (Wildman–Crippen MR) is 107 cm³/mol. The molecule has 5 nitrogen and oxygen atoms in total. The molecule has 2 amide bonds. The Kier molecular flexibility index (Phi) is 5.05. The summed E-state index contributed by atoms with van der Waals surface area (Å²) in [4.78, 5) is 30.3. The van der Waals surface area contributed by atoms with Crippen molar-refractivity contribution in [2.24, 2.45) is 5.92 Å². The predicted octanol–water partition coefficient (Wildman–Crippen LogP) is 4.45. The van der Waals surface area contributed by atoms with E-state index in [2.05, 4.69) is 10.3 Å². The van der Waals surface area contributed by atoms with Gasteiger partial charge in [0, 0.05) is 41.4 Å². The number of benzene rings is 2. The van der Waals surface area contributed by atoms with Crippen molar-refractivity contribution < 1.29 is 14.0 Å². The first-order chi connectivity index (χ1) is 13.5. The summed E-state index contributed by atoms with van der Waals surface area (Å²) in [5.41, 5.74) is 2.03. The first kappa shape index (κ1) is 18.5. The molecule has 144 valence electrons. The van der Waals surface area contributed by atoms with E-state index < -0.39 is 5.82 Å². The van der Waals surface area contributed by atoms with Gasteiger partial charge in [-0.3, -0.25) is 9.59 Å². The van der Waals surface area contributed by atoms with Gasteiger partial charge in [-0.2, -0.15) is 0 Å². The van der Waals surface area contributed by atoms with Crippen molar-refractivity contribution in [3.8, 4) is 0 Å². The Bertz CT molecular complexity index is 1050. The third-order valence-corrected chi connectivity index (χ3v) is 5.36. The molecule has 2 heterocycles. The van der Waals surface area contributed by atoms with Crippen LogP contribution in [0, 0.1) is 11.7 Å². The number of nitrogens with one attached hydrogen (secondary N) is 2. The number of carbonyl (C=O) groups is 2. The number of hydrogen-bond donors (Lipinski definition) is 2. The van der Waals surface area contributed by atoms with Crippen molar-refractivity contribution in [2.45, 2.75) is 12.8 Å². The van der Waals surface area contributed by atoms with Crippen molar-refractivity contribution in [1.29, 1.82) is 0 Å². The number of anilines is 1. The Labute approximate surface area is 166 Å². The zero-order chi connectivity index (χ0) is 19.7. The standard InChI is InChI=1S/C21H19ClFN3O2/c22-17-11-16(4-5-18(17)23)25-20(27)15-2-1-9-26(12-15)21(28)14-3-6-19-13(10-14)7-8-24-19/h3-8,10-11,15,24H,1-2,9,12H2,(H,25,27)/t15-/m1/s1. The Hall–Kier alpha value is -2.86. The molecular formula is C21H19ClFN3O2. The molecule has 4 rings (SSSR count). The monoisotopic (exact) mass is 399 g/mol. The van der Waals surface area contributed by atoms with Gasteiger partial charge in [0.05, 0.1) is 10.9 Å². The Morgan fingerprint density at radius 1 is 1.18 bits per heavy atom. The van der Waals surface area contributed by atoms with Gasteiger partial charge in [0.2, 0.25) is 5.91 Å². The first-order valence-corrected chi connectivity index (χ1v) is 9.51. The molecule has 1 aliphatic rings. The summed E-state index contributed by atoms with van der Waals surface area (Å²) in [5, 5.41) is 3.70. The number of amides is 2. The molecule has 0 bridgehead atoms. The lowest BCUT2D eigenvalue weighted by Crippen LogP contribution is -2.43. The van der Waals surface area contributed by atoms with E-state index >= 15 is 0 Å². The number of hydrogen-bond acceptors (Lipinski definition) is 2. The highest BCUT2D eigenvalue weighted by Gasteiger charge is 2.29. The molecule has 2 N–H and O–H groups in total. The van der Waals surface area contributed by atoms with Gasteiger partial charge in [0.25, 0.3) is 5.91 Å². The molecule has 1 saturated heterocycles. The minimum absolute atomic E-state index is 0.0432. The van der Waals surface area contributed by atoms with Crippen LogP contribution >= 0.6 is 11.6 Å². The number of carbonyl (C=O) groups excluding carboxylic acids is 2. The maximum Gasteiger partial charge on any atom is 0.253 e. The third-order valence-electron chi connectivity index (χ3n) is 5.07. The number of nitrogens with zero attached hydrogens (tertiary/aromatic N) is 1. The molecule has 1 aromatic heterocycles. The van der Waals surface area contributed by atoms with Crippen molar-refractivity contribution in [3.05, 3.63) is 65.1 Å². The van der Waals surface area contributed by atoms with E-state index in [1.165, 1.54) is 18.2 Å². The Balaban J connectivity index is 1.44. The fraction of sp³-hybridized carbons (Fsp3) is 0.238. The maximum absolute atomic E-state index is 13.3. The van der Waals surface area contributed by atoms with E-state index in [1.54, 1.807) is 11.0 Å². The lowest BCUT2D eigenvalue weighted by molar-refractivity contribution is -0.121. The van der Waals surface area contributed by atoms with Crippen molar-refractivity contribution >= 4 is 40.0 Å². The molecule has 1 fully saturated rings. The summed E-state index contributed by atoms with van der Waals surface area (Å²) < 4.78 is 13.3. The van der Waals surface area contributed by atoms with Gasteiger partial charge in [-0.05, 0) is 55.3 Å². The topological polar surface area (TPSA) is 65.2 Å². The molecule has 7 heteroatoms. The fourth-order valence-corrected chi connectivity index (χ4v) is 3.74. The van der Waals surface area contributed by atoms with Gasteiger partial charge in [-0.25, -0.2) is 4.39 Å². The highest BCUT2D eigenvalue weighted by Crippen LogP contribution is 2.24. The quantitative estimate of drug-likeness (QED) is 0.683. The lowest BCUT2D eigenvalue weighted by atomic mass is 9.96. The SMILES string of the molecule is O=C(Nc1ccc(F)c(Cl)c1)[C@@H]1CCCN(C(=O)c2ccc3[nH]ccc3c2)C1. The second-order valence-corrected chi connectivity index (χ2v) is 7.40. The molecule has 0 unspecified atom stereocenters. The van der Waals surface area contributed by atoms with Gasteiger partial charge in [0.15, 0.2) is 0 Å². The number of H-pyrrole nitrogens is 1. The molecule has 3 aromatic rings. The van der Waals surface area contributed by atoms with Crippen LogP contribution in [0.2, 0.25) is 5.02 Å². The number of fused-ring (bicyclic) bond motifs is 1. The second kappa shape index (κ2) is 7.64. The molecule has 2 aromatic carbocycles. The van der Waals surface area contributed by atoms with Gasteiger partial charge in [-0.1, -0.05) is 11.6 Å². The summed E-state index contributed by atoms with van der Waals surface area (Å²) in [6.45, 7) is 0.973. The van der Waals surface area contributed by atoms with Crippen LogP contribution in [0.15, 0.2) is 48.7 Å². The van der Waals surface area contributed by atoms with Gasteiger partial charge >= 0.3 is 0 Å². The molecule has 0 saturated carbocycles. The van der Waals surface area contributed by atoms with Crippen LogP contribution in [-0.4, -0.2) is 34.8 Å². The van der Waals surface area contributed by atoms with Crippen LogP contribution in [0.1, 0.15) is 23.2 Å². The molecule has 0 radical (unpaired) electrons. The number of likely N-dealkylation sites (tertiary alicyclic amines) is 1. The molecule has 1 atom stereocenters. The van der Waals surface area contributed by atoms with Crippen molar-refractivity contribution in [1.82, 2.24) is 9.88 Å². The van der Waals surface area contributed by atoms with E-state index in [0.717, 1.165) is 17.3 Å². The van der Waals surface area contributed by atoms with E-state index in [4.69, 9.17) is 11.6 Å². The second-order valence-electron chi connectivity index (χ2n) is 6.99. The van der Waals surface area contributed by atoms with Gasteiger partial charge < -0.3 is 15.2 Å². The van der Waals surface area contributed by atoms with Crippen molar-refractivity contribution in [3.63, 3.8) is 0 Å². The molecular weight excluding hydrogens is 381 g/mol. The molecule has 28 heavy (non-hydrogen) atoms. The highest BCUT2D eigenvalue weighted by molar-refractivity contribution is 6.31. The Morgan fingerprint density at radius 3 is 2.86 bits per heavy atom. The maximum atomic E-state index is 13.3. The third kappa shape index (κ3) is 3.73. The van der Waals surface area contributed by atoms with Gasteiger partial charge in [-0.15, -0.1) is 0 Å².